The van der Waals surface area contributed by atoms with Crippen molar-refractivity contribution in [2.75, 3.05) is 13.2 Å². The Labute approximate surface area is 107 Å². The molecule has 0 aliphatic heterocycles. The molecule has 0 aliphatic carbocycles. The van der Waals surface area contributed by atoms with Crippen molar-refractivity contribution in [2.45, 2.75) is 20.3 Å². The van der Waals surface area contributed by atoms with Gasteiger partial charge in [-0.3, -0.25) is 0 Å². The molecule has 1 aromatic rings. The molecule has 0 fully saturated rings. The average Bonchev–Trinajstić information content (AvgIpc) is 2.34. The minimum atomic E-state index is -0.966. The highest BCUT2D eigenvalue weighted by Gasteiger charge is 2.04. The maximum absolute atomic E-state index is 10.5. The van der Waals surface area contributed by atoms with Gasteiger partial charge in [-0.1, -0.05) is 19.1 Å². The third kappa shape index (κ3) is 4.91. The zero-order chi connectivity index (χ0) is 13.4. The van der Waals surface area contributed by atoms with Crippen LogP contribution in [0.25, 0.3) is 0 Å². The number of para-hydroxylation sites is 2. The van der Waals surface area contributed by atoms with Gasteiger partial charge in [0.15, 0.2) is 11.5 Å². The minimum Gasteiger partial charge on any atom is -0.490 e. The summed E-state index contributed by atoms with van der Waals surface area (Å²) in [5.41, 5.74) is 0.646. The summed E-state index contributed by atoms with van der Waals surface area (Å²) >= 11 is 0. The Morgan fingerprint density at radius 1 is 1.28 bits per heavy atom. The number of hydrogen-bond acceptors (Lipinski definition) is 3. The largest absolute Gasteiger partial charge is 0.490 e. The fourth-order valence-corrected chi connectivity index (χ4v) is 1.34. The first-order valence-corrected chi connectivity index (χ1v) is 5.88. The molecule has 1 N–H and O–H groups in total. The Morgan fingerprint density at radius 2 is 1.89 bits per heavy atom. The molecule has 0 radical (unpaired) electrons. The number of rotatable bonds is 7. The first-order chi connectivity index (χ1) is 8.63. The van der Waals surface area contributed by atoms with Crippen LogP contribution in [0.5, 0.6) is 11.5 Å². The van der Waals surface area contributed by atoms with Gasteiger partial charge in [-0.15, -0.1) is 0 Å². The van der Waals surface area contributed by atoms with E-state index in [0.29, 0.717) is 23.7 Å². The van der Waals surface area contributed by atoms with E-state index in [1.165, 1.54) is 0 Å². The molecule has 0 unspecified atom stereocenters. The quantitative estimate of drug-likeness (QED) is 0.756. The van der Waals surface area contributed by atoms with Crippen LogP contribution in [0, 0.1) is 0 Å². The van der Waals surface area contributed by atoms with E-state index in [1.807, 2.05) is 25.1 Å². The van der Waals surface area contributed by atoms with Crippen LogP contribution in [0.2, 0.25) is 0 Å². The van der Waals surface area contributed by atoms with Crippen molar-refractivity contribution in [3.8, 4) is 11.5 Å². The number of carbonyl (C=O) groups is 1. The van der Waals surface area contributed by atoms with Crippen molar-refractivity contribution in [3.05, 3.63) is 35.9 Å². The van der Waals surface area contributed by atoms with Gasteiger partial charge in [0, 0.05) is 6.08 Å². The molecule has 0 saturated carbocycles. The summed E-state index contributed by atoms with van der Waals surface area (Å²) in [5, 5.41) is 8.60. The van der Waals surface area contributed by atoms with Crippen molar-refractivity contribution < 1.29 is 19.4 Å². The lowest BCUT2D eigenvalue weighted by molar-refractivity contribution is -0.131. The Balaban J connectivity index is 2.63. The van der Waals surface area contributed by atoms with E-state index in [4.69, 9.17) is 14.6 Å². The molecule has 4 nitrogen and oxygen atoms in total. The third-order valence-electron chi connectivity index (χ3n) is 2.14. The standard InChI is InChI=1S/C14H18O4/c1-3-8-17-12-6-4-5-7-13(12)18-10-11(2)9-14(15)16/h4-7,9H,3,8,10H2,1-2H3,(H,15,16). The van der Waals surface area contributed by atoms with Gasteiger partial charge in [0.1, 0.15) is 6.61 Å². The lowest BCUT2D eigenvalue weighted by Gasteiger charge is -2.12. The molecular formula is C14H18O4. The minimum absolute atomic E-state index is 0.235. The second-order valence-electron chi connectivity index (χ2n) is 3.91. The highest BCUT2D eigenvalue weighted by atomic mass is 16.5. The first-order valence-electron chi connectivity index (χ1n) is 5.88. The van der Waals surface area contributed by atoms with Gasteiger partial charge in [0.25, 0.3) is 0 Å². The molecule has 1 rings (SSSR count). The molecule has 0 spiro atoms. The molecule has 0 heterocycles. The van der Waals surface area contributed by atoms with Crippen molar-refractivity contribution in [1.82, 2.24) is 0 Å². The summed E-state index contributed by atoms with van der Waals surface area (Å²) in [6, 6.07) is 7.36. The molecule has 4 heteroatoms. The van der Waals surface area contributed by atoms with Crippen LogP contribution >= 0.6 is 0 Å². The molecule has 18 heavy (non-hydrogen) atoms. The second-order valence-corrected chi connectivity index (χ2v) is 3.91. The van der Waals surface area contributed by atoms with Crippen LogP contribution in [-0.4, -0.2) is 24.3 Å². The molecule has 0 aliphatic rings. The second kappa shape index (κ2) is 7.37. The van der Waals surface area contributed by atoms with Crippen LogP contribution in [0.3, 0.4) is 0 Å². The van der Waals surface area contributed by atoms with Crippen LogP contribution in [0.4, 0.5) is 0 Å². The van der Waals surface area contributed by atoms with Crippen LogP contribution in [0.1, 0.15) is 20.3 Å². The van der Waals surface area contributed by atoms with E-state index in [9.17, 15) is 4.79 Å². The fraction of sp³-hybridized carbons (Fsp3) is 0.357. The van der Waals surface area contributed by atoms with E-state index >= 15 is 0 Å². The number of hydrogen-bond donors (Lipinski definition) is 1. The SMILES string of the molecule is CCCOc1ccccc1OCC(C)=CC(=O)O. The first kappa shape index (κ1) is 14.1. The van der Waals surface area contributed by atoms with Gasteiger partial charge in [-0.2, -0.15) is 0 Å². The smallest absolute Gasteiger partial charge is 0.328 e. The normalized spacial score (nSPS) is 11.1. The average molecular weight is 250 g/mol. The fourth-order valence-electron chi connectivity index (χ4n) is 1.34. The predicted octanol–water partition coefficient (Wildman–Crippen LogP) is 2.89. The summed E-state index contributed by atoms with van der Waals surface area (Å²) in [4.78, 5) is 10.5. The van der Waals surface area contributed by atoms with Gasteiger partial charge in [-0.05, 0) is 31.1 Å². The molecular weight excluding hydrogens is 232 g/mol. The number of aliphatic carboxylic acids is 1. The number of ether oxygens (including phenoxy) is 2. The predicted molar refractivity (Wildman–Crippen MR) is 69.1 cm³/mol. The van der Waals surface area contributed by atoms with Crippen LogP contribution in [-0.2, 0) is 4.79 Å². The highest BCUT2D eigenvalue weighted by molar-refractivity contribution is 5.80. The lowest BCUT2D eigenvalue weighted by Crippen LogP contribution is -2.04. The monoisotopic (exact) mass is 250 g/mol. The van der Waals surface area contributed by atoms with E-state index in [0.717, 1.165) is 12.5 Å². The van der Waals surface area contributed by atoms with E-state index in [-0.39, 0.29) is 6.61 Å². The zero-order valence-electron chi connectivity index (χ0n) is 10.7. The summed E-state index contributed by atoms with van der Waals surface area (Å²) in [6.07, 6.45) is 2.06. The molecule has 0 bridgehead atoms. The Kier molecular flexibility index (Phi) is 5.77. The Hall–Kier alpha value is -1.97. The lowest BCUT2D eigenvalue weighted by atomic mass is 10.3. The van der Waals surface area contributed by atoms with Crippen molar-refractivity contribution in [2.24, 2.45) is 0 Å². The summed E-state index contributed by atoms with van der Waals surface area (Å²) in [5.74, 6) is 0.346. The molecule has 0 amide bonds. The number of benzene rings is 1. The topological polar surface area (TPSA) is 55.8 Å². The third-order valence-corrected chi connectivity index (χ3v) is 2.14. The maximum atomic E-state index is 10.5. The maximum Gasteiger partial charge on any atom is 0.328 e. The van der Waals surface area contributed by atoms with Crippen molar-refractivity contribution in [1.29, 1.82) is 0 Å². The van der Waals surface area contributed by atoms with Crippen LogP contribution in [0.15, 0.2) is 35.9 Å². The summed E-state index contributed by atoms with van der Waals surface area (Å²) in [6.45, 7) is 4.61. The Morgan fingerprint density at radius 3 is 2.44 bits per heavy atom. The molecule has 0 atom stereocenters. The molecule has 98 valence electrons. The number of carboxylic acids is 1. The summed E-state index contributed by atoms with van der Waals surface area (Å²) < 4.78 is 11.1. The van der Waals surface area contributed by atoms with Gasteiger partial charge in [0.2, 0.25) is 0 Å². The van der Waals surface area contributed by atoms with E-state index in [2.05, 4.69) is 0 Å². The highest BCUT2D eigenvalue weighted by Crippen LogP contribution is 2.26. The summed E-state index contributed by atoms with van der Waals surface area (Å²) in [7, 11) is 0. The molecule has 0 saturated heterocycles. The van der Waals surface area contributed by atoms with Gasteiger partial charge < -0.3 is 14.6 Å². The van der Waals surface area contributed by atoms with E-state index < -0.39 is 5.97 Å². The Bertz CT molecular complexity index is 424. The van der Waals surface area contributed by atoms with Crippen LogP contribution < -0.4 is 9.47 Å². The molecule has 1 aromatic carbocycles. The van der Waals surface area contributed by atoms with Gasteiger partial charge >= 0.3 is 5.97 Å². The van der Waals surface area contributed by atoms with Crippen molar-refractivity contribution in [3.63, 3.8) is 0 Å². The van der Waals surface area contributed by atoms with Crippen molar-refractivity contribution >= 4 is 5.97 Å². The number of carboxylic acid groups (broad SMARTS) is 1. The van der Waals surface area contributed by atoms with Gasteiger partial charge in [0.05, 0.1) is 6.61 Å². The zero-order valence-corrected chi connectivity index (χ0v) is 10.7. The molecule has 0 aromatic heterocycles. The van der Waals surface area contributed by atoms with E-state index in [1.54, 1.807) is 13.0 Å². The van der Waals surface area contributed by atoms with Gasteiger partial charge in [-0.25, -0.2) is 4.79 Å².